The highest BCUT2D eigenvalue weighted by atomic mass is 32.2. The van der Waals surface area contributed by atoms with Crippen LogP contribution in [0.15, 0.2) is 47.8 Å². The highest BCUT2D eigenvalue weighted by Crippen LogP contribution is 2.18. The maximum absolute atomic E-state index is 12.6. The van der Waals surface area contributed by atoms with Gasteiger partial charge in [0.1, 0.15) is 0 Å². The third-order valence-corrected chi connectivity index (χ3v) is 4.75. The fraction of sp³-hybridized carbons (Fsp3) is 0.167. The molecule has 0 atom stereocenters. The van der Waals surface area contributed by atoms with Crippen LogP contribution in [0, 0.1) is 6.92 Å². The van der Waals surface area contributed by atoms with Crippen molar-refractivity contribution in [2.45, 2.75) is 19.0 Å². The maximum Gasteiger partial charge on any atom is 0.261 e. The number of benzene rings is 1. The lowest BCUT2D eigenvalue weighted by Gasteiger charge is -2.06. The molecule has 0 aliphatic rings. The third kappa shape index (κ3) is 3.41. The SMILES string of the molecule is CCSc1n[nH]c(NC(=O)c2cnn(-c3ccc4ccccc4n3)c2C)n1. The molecule has 1 amide bonds. The minimum Gasteiger partial charge on any atom is -0.291 e. The molecule has 27 heavy (non-hydrogen) atoms. The van der Waals surface area contributed by atoms with Crippen LogP contribution in [0.25, 0.3) is 16.7 Å². The van der Waals surface area contributed by atoms with Crippen LogP contribution in [-0.2, 0) is 0 Å². The lowest BCUT2D eigenvalue weighted by Crippen LogP contribution is -2.14. The lowest BCUT2D eigenvalue weighted by atomic mass is 10.2. The van der Waals surface area contributed by atoms with Crippen LogP contribution in [-0.4, -0.2) is 41.6 Å². The molecule has 3 aromatic heterocycles. The number of fused-ring (bicyclic) bond motifs is 1. The smallest absolute Gasteiger partial charge is 0.261 e. The first-order chi connectivity index (χ1) is 13.2. The zero-order valence-electron chi connectivity index (χ0n) is 14.8. The second-order valence-corrected chi connectivity index (χ2v) is 7.00. The van der Waals surface area contributed by atoms with Gasteiger partial charge in [0.25, 0.3) is 5.91 Å². The van der Waals surface area contributed by atoms with Crippen LogP contribution >= 0.6 is 11.8 Å². The summed E-state index contributed by atoms with van der Waals surface area (Å²) in [5, 5.41) is 15.5. The summed E-state index contributed by atoms with van der Waals surface area (Å²) in [5.41, 5.74) is 2.02. The molecule has 0 bridgehead atoms. The van der Waals surface area contributed by atoms with Crippen molar-refractivity contribution in [3.8, 4) is 5.82 Å². The van der Waals surface area contributed by atoms with Gasteiger partial charge in [0.15, 0.2) is 5.82 Å². The Hall–Kier alpha value is -3.20. The van der Waals surface area contributed by atoms with Gasteiger partial charge in [-0.15, -0.1) is 5.10 Å². The number of H-pyrrole nitrogens is 1. The van der Waals surface area contributed by atoms with Gasteiger partial charge >= 0.3 is 0 Å². The van der Waals surface area contributed by atoms with E-state index in [-0.39, 0.29) is 5.91 Å². The number of carbonyl (C=O) groups is 1. The number of hydrogen-bond acceptors (Lipinski definition) is 6. The largest absolute Gasteiger partial charge is 0.291 e. The maximum atomic E-state index is 12.6. The number of para-hydroxylation sites is 1. The Balaban J connectivity index is 1.59. The molecule has 0 saturated carbocycles. The summed E-state index contributed by atoms with van der Waals surface area (Å²) in [6, 6.07) is 11.7. The van der Waals surface area contributed by atoms with Crippen LogP contribution in [0.1, 0.15) is 23.0 Å². The molecule has 0 spiro atoms. The lowest BCUT2D eigenvalue weighted by molar-refractivity contribution is 0.102. The number of hydrogen-bond donors (Lipinski definition) is 2. The highest BCUT2D eigenvalue weighted by Gasteiger charge is 2.17. The molecular formula is C18H17N7OS. The van der Waals surface area contributed by atoms with E-state index >= 15 is 0 Å². The van der Waals surface area contributed by atoms with Crippen LogP contribution in [0.5, 0.6) is 0 Å². The molecule has 0 radical (unpaired) electrons. The quantitative estimate of drug-likeness (QED) is 0.516. The van der Waals surface area contributed by atoms with Crippen molar-refractivity contribution >= 4 is 34.5 Å². The number of nitrogens with zero attached hydrogens (tertiary/aromatic N) is 5. The number of nitrogens with one attached hydrogen (secondary N) is 2. The molecule has 0 aliphatic heterocycles. The van der Waals surface area contributed by atoms with Gasteiger partial charge in [0, 0.05) is 5.39 Å². The first kappa shape index (κ1) is 17.2. The molecule has 9 heteroatoms. The second-order valence-electron chi connectivity index (χ2n) is 5.77. The minimum atomic E-state index is -0.302. The summed E-state index contributed by atoms with van der Waals surface area (Å²) < 4.78 is 1.65. The molecule has 8 nitrogen and oxygen atoms in total. The summed E-state index contributed by atoms with van der Waals surface area (Å²) in [7, 11) is 0. The predicted molar refractivity (Wildman–Crippen MR) is 104 cm³/mol. The van der Waals surface area contributed by atoms with Crippen molar-refractivity contribution in [1.82, 2.24) is 29.9 Å². The molecule has 2 N–H and O–H groups in total. The van der Waals surface area contributed by atoms with Gasteiger partial charge in [-0.1, -0.05) is 36.9 Å². The Morgan fingerprint density at radius 2 is 2.07 bits per heavy atom. The minimum absolute atomic E-state index is 0.302. The Labute approximate surface area is 159 Å². The number of aromatic amines is 1. The van der Waals surface area contributed by atoms with Gasteiger partial charge < -0.3 is 0 Å². The molecule has 1 aromatic carbocycles. The molecule has 0 unspecified atom stereocenters. The summed E-state index contributed by atoms with van der Waals surface area (Å²) in [4.78, 5) is 21.4. The molecule has 0 aliphatic carbocycles. The van der Waals surface area contributed by atoms with Crippen molar-refractivity contribution in [3.05, 3.63) is 53.9 Å². The number of aromatic nitrogens is 6. The molecule has 136 valence electrons. The van der Waals surface area contributed by atoms with Crippen molar-refractivity contribution in [1.29, 1.82) is 0 Å². The van der Waals surface area contributed by atoms with Crippen LogP contribution < -0.4 is 5.32 Å². The summed E-state index contributed by atoms with van der Waals surface area (Å²) in [5.74, 6) is 1.53. The van der Waals surface area contributed by atoms with Crippen molar-refractivity contribution in [2.75, 3.05) is 11.1 Å². The molecule has 0 fully saturated rings. The fourth-order valence-electron chi connectivity index (χ4n) is 2.71. The zero-order chi connectivity index (χ0) is 18.8. The van der Waals surface area contributed by atoms with Gasteiger partial charge in [-0.25, -0.2) is 14.8 Å². The van der Waals surface area contributed by atoms with E-state index in [1.54, 1.807) is 4.68 Å². The van der Waals surface area contributed by atoms with Crippen LogP contribution in [0.3, 0.4) is 0 Å². The van der Waals surface area contributed by atoms with Gasteiger partial charge in [-0.05, 0) is 30.9 Å². The van der Waals surface area contributed by atoms with Gasteiger partial charge in [0.2, 0.25) is 11.1 Å². The average molecular weight is 379 g/mol. The Morgan fingerprint density at radius 3 is 2.93 bits per heavy atom. The number of amides is 1. The third-order valence-electron chi connectivity index (χ3n) is 4.03. The molecule has 0 saturated heterocycles. The van der Waals surface area contributed by atoms with Gasteiger partial charge in [-0.3, -0.25) is 10.1 Å². The van der Waals surface area contributed by atoms with E-state index in [0.29, 0.717) is 28.2 Å². The van der Waals surface area contributed by atoms with E-state index in [2.05, 4.69) is 30.6 Å². The topological polar surface area (TPSA) is 101 Å². The number of rotatable bonds is 5. The highest BCUT2D eigenvalue weighted by molar-refractivity contribution is 7.99. The van der Waals surface area contributed by atoms with E-state index in [9.17, 15) is 4.79 Å². The number of carbonyl (C=O) groups excluding carboxylic acids is 1. The number of anilines is 1. The zero-order valence-corrected chi connectivity index (χ0v) is 15.6. The Kier molecular flexibility index (Phi) is 4.59. The summed E-state index contributed by atoms with van der Waals surface area (Å²) in [6.07, 6.45) is 1.53. The fourth-order valence-corrected chi connectivity index (χ4v) is 3.23. The average Bonchev–Trinajstić information content (AvgIpc) is 3.28. The van der Waals surface area contributed by atoms with Gasteiger partial charge in [0.05, 0.1) is 23.0 Å². The second kappa shape index (κ2) is 7.20. The normalized spacial score (nSPS) is 11.0. The van der Waals surface area contributed by atoms with E-state index in [4.69, 9.17) is 0 Å². The number of thioether (sulfide) groups is 1. The monoisotopic (exact) mass is 379 g/mol. The summed E-state index contributed by atoms with van der Waals surface area (Å²) >= 11 is 1.49. The van der Waals surface area contributed by atoms with Crippen LogP contribution in [0.2, 0.25) is 0 Å². The van der Waals surface area contributed by atoms with E-state index < -0.39 is 0 Å². The number of pyridine rings is 1. The predicted octanol–water partition coefficient (Wildman–Crippen LogP) is 3.21. The summed E-state index contributed by atoms with van der Waals surface area (Å²) in [6.45, 7) is 3.84. The Bertz CT molecular complexity index is 1120. The van der Waals surface area contributed by atoms with E-state index in [0.717, 1.165) is 16.7 Å². The van der Waals surface area contributed by atoms with E-state index in [1.807, 2.05) is 50.2 Å². The Morgan fingerprint density at radius 1 is 1.22 bits per heavy atom. The van der Waals surface area contributed by atoms with Crippen LogP contribution in [0.4, 0.5) is 5.95 Å². The van der Waals surface area contributed by atoms with E-state index in [1.165, 1.54) is 18.0 Å². The molecular weight excluding hydrogens is 362 g/mol. The standard InChI is InChI=1S/C18H17N7OS/c1-3-27-18-22-17(23-24-18)21-16(26)13-10-19-25(11(13)2)15-9-8-12-6-4-5-7-14(12)20-15/h4-10H,3H2,1-2H3,(H2,21,22,23,24,26). The first-order valence-corrected chi connectivity index (χ1v) is 9.41. The molecule has 4 aromatic rings. The van der Waals surface area contributed by atoms with Gasteiger partial charge in [-0.2, -0.15) is 10.1 Å². The van der Waals surface area contributed by atoms with Crippen molar-refractivity contribution in [2.24, 2.45) is 0 Å². The van der Waals surface area contributed by atoms with Crippen molar-refractivity contribution < 1.29 is 4.79 Å². The first-order valence-electron chi connectivity index (χ1n) is 8.43. The molecule has 3 heterocycles. The molecule has 4 rings (SSSR count). The van der Waals surface area contributed by atoms with Crippen molar-refractivity contribution in [3.63, 3.8) is 0 Å².